The summed E-state index contributed by atoms with van der Waals surface area (Å²) in [6.45, 7) is 8.67. The minimum Gasteiger partial charge on any atom is -0.462 e. The average molecular weight is 444 g/mol. The molecule has 1 N–H and O–H groups in total. The van der Waals surface area contributed by atoms with Gasteiger partial charge in [0.25, 0.3) is 0 Å². The normalized spacial score (nSPS) is 15.5. The maximum Gasteiger partial charge on any atom is 0.418 e. The zero-order chi connectivity index (χ0) is 23.2. The van der Waals surface area contributed by atoms with Crippen LogP contribution in [0.2, 0.25) is 0 Å². The van der Waals surface area contributed by atoms with Crippen molar-refractivity contribution in [2.75, 3.05) is 31.6 Å². The lowest BCUT2D eigenvalue weighted by Gasteiger charge is -2.33. The number of hydrogen-bond acceptors (Lipinski definition) is 5. The Balaban J connectivity index is 1.92. The Morgan fingerprint density at radius 1 is 1.16 bits per heavy atom. The van der Waals surface area contributed by atoms with E-state index in [0.29, 0.717) is 26.1 Å². The second-order valence-electron chi connectivity index (χ2n) is 8.60. The zero-order valence-corrected chi connectivity index (χ0v) is 18.5. The van der Waals surface area contributed by atoms with Crippen molar-refractivity contribution in [2.45, 2.75) is 58.7 Å². The fourth-order valence-electron chi connectivity index (χ4n) is 3.42. The van der Waals surface area contributed by atoms with Crippen LogP contribution in [0.5, 0.6) is 0 Å². The van der Waals surface area contributed by atoms with E-state index >= 15 is 0 Å². The van der Waals surface area contributed by atoms with Gasteiger partial charge in [-0.05, 0) is 71.1 Å². The maximum absolute atomic E-state index is 13.3. The quantitative estimate of drug-likeness (QED) is 0.601. The van der Waals surface area contributed by atoms with Crippen molar-refractivity contribution in [3.05, 3.63) is 29.3 Å². The summed E-state index contributed by atoms with van der Waals surface area (Å²) in [6.07, 6.45) is -2.70. The molecule has 1 fully saturated rings. The largest absolute Gasteiger partial charge is 0.462 e. The Morgan fingerprint density at radius 2 is 1.81 bits per heavy atom. The highest BCUT2D eigenvalue weighted by Gasteiger charge is 2.34. The number of esters is 1. The van der Waals surface area contributed by atoms with Crippen LogP contribution in [-0.2, 0) is 15.7 Å². The summed E-state index contributed by atoms with van der Waals surface area (Å²) in [7, 11) is 0. The first-order valence-electron chi connectivity index (χ1n) is 10.5. The molecule has 1 amide bonds. The van der Waals surface area contributed by atoms with Gasteiger partial charge in [-0.2, -0.15) is 13.2 Å². The van der Waals surface area contributed by atoms with E-state index in [1.807, 2.05) is 20.8 Å². The predicted octanol–water partition coefficient (Wildman–Crippen LogP) is 5.33. The first kappa shape index (κ1) is 24.8. The van der Waals surface area contributed by atoms with E-state index in [-0.39, 0.29) is 29.9 Å². The third-order valence-electron chi connectivity index (χ3n) is 4.97. The Hall–Kier alpha value is -2.45. The summed E-state index contributed by atoms with van der Waals surface area (Å²) in [5.74, 6) is -0.373. The number of likely N-dealkylation sites (tertiary alicyclic amines) is 1. The molecule has 0 atom stereocenters. The fourth-order valence-corrected chi connectivity index (χ4v) is 3.42. The van der Waals surface area contributed by atoms with Gasteiger partial charge in [-0.25, -0.2) is 9.59 Å². The Kier molecular flexibility index (Phi) is 8.20. The smallest absolute Gasteiger partial charge is 0.418 e. The van der Waals surface area contributed by atoms with Crippen molar-refractivity contribution in [1.82, 2.24) is 4.90 Å². The van der Waals surface area contributed by atoms with E-state index < -0.39 is 23.3 Å². The van der Waals surface area contributed by atoms with Gasteiger partial charge in [0, 0.05) is 25.3 Å². The molecule has 1 aliphatic heterocycles. The lowest BCUT2D eigenvalue weighted by molar-refractivity contribution is -0.137. The number of anilines is 1. The van der Waals surface area contributed by atoms with E-state index in [0.717, 1.165) is 25.0 Å². The Morgan fingerprint density at radius 3 is 2.35 bits per heavy atom. The van der Waals surface area contributed by atoms with Gasteiger partial charge >= 0.3 is 18.2 Å². The molecule has 1 saturated heterocycles. The molecule has 174 valence electrons. The van der Waals surface area contributed by atoms with Crippen molar-refractivity contribution in [1.29, 1.82) is 0 Å². The second-order valence-corrected chi connectivity index (χ2v) is 8.60. The number of carbonyl (C=O) groups excluding carboxylic acids is 2. The van der Waals surface area contributed by atoms with Crippen LogP contribution in [0, 0.1) is 5.92 Å². The molecule has 0 aromatic heterocycles. The van der Waals surface area contributed by atoms with Crippen LogP contribution in [0.1, 0.15) is 62.9 Å². The highest BCUT2D eigenvalue weighted by atomic mass is 19.4. The van der Waals surface area contributed by atoms with Gasteiger partial charge in [-0.3, -0.25) is 0 Å². The highest BCUT2D eigenvalue weighted by molar-refractivity contribution is 5.91. The van der Waals surface area contributed by atoms with Crippen molar-refractivity contribution in [3.8, 4) is 0 Å². The van der Waals surface area contributed by atoms with E-state index in [1.165, 1.54) is 6.07 Å². The molecule has 1 aromatic rings. The number of amides is 1. The SMILES string of the molecule is CCOC(=O)c1ccc(C(F)(F)F)c(NCCC2CCN(C(=O)OC(C)(C)C)CC2)c1. The van der Waals surface area contributed by atoms with Crippen LogP contribution in [-0.4, -0.2) is 48.8 Å². The first-order valence-corrected chi connectivity index (χ1v) is 10.5. The number of nitrogens with one attached hydrogen (secondary N) is 1. The molecule has 9 heteroatoms. The number of rotatable bonds is 6. The van der Waals surface area contributed by atoms with E-state index in [4.69, 9.17) is 9.47 Å². The number of ether oxygens (including phenoxy) is 2. The molecule has 0 saturated carbocycles. The predicted molar refractivity (Wildman–Crippen MR) is 111 cm³/mol. The number of carbonyl (C=O) groups is 2. The minimum atomic E-state index is -4.53. The number of benzene rings is 1. The van der Waals surface area contributed by atoms with Crippen LogP contribution < -0.4 is 5.32 Å². The molecule has 0 radical (unpaired) electrons. The summed E-state index contributed by atoms with van der Waals surface area (Å²) in [5, 5.41) is 2.84. The standard InChI is InChI=1S/C22H31F3N2O4/c1-5-30-19(28)16-6-7-17(22(23,24)25)18(14-16)26-11-8-15-9-12-27(13-10-15)20(29)31-21(2,3)4/h6-7,14-15,26H,5,8-13H2,1-4H3. The topological polar surface area (TPSA) is 67.9 Å². The lowest BCUT2D eigenvalue weighted by Crippen LogP contribution is -2.41. The van der Waals surface area contributed by atoms with Gasteiger partial charge in [0.15, 0.2) is 0 Å². The van der Waals surface area contributed by atoms with Crippen molar-refractivity contribution < 1.29 is 32.2 Å². The van der Waals surface area contributed by atoms with E-state index in [1.54, 1.807) is 11.8 Å². The summed E-state index contributed by atoms with van der Waals surface area (Å²) >= 11 is 0. The van der Waals surface area contributed by atoms with E-state index in [2.05, 4.69) is 5.32 Å². The summed E-state index contributed by atoms with van der Waals surface area (Å²) < 4.78 is 50.3. The second kappa shape index (κ2) is 10.2. The number of halogens is 3. The van der Waals surface area contributed by atoms with Gasteiger partial charge in [0.2, 0.25) is 0 Å². The number of hydrogen-bond donors (Lipinski definition) is 1. The van der Waals surface area contributed by atoms with Crippen LogP contribution in [0.15, 0.2) is 18.2 Å². The monoisotopic (exact) mass is 444 g/mol. The van der Waals surface area contributed by atoms with Crippen molar-refractivity contribution >= 4 is 17.7 Å². The molecule has 31 heavy (non-hydrogen) atoms. The molecule has 2 rings (SSSR count). The van der Waals surface area contributed by atoms with Crippen molar-refractivity contribution in [3.63, 3.8) is 0 Å². The molecule has 0 aliphatic carbocycles. The lowest BCUT2D eigenvalue weighted by atomic mass is 9.93. The molecule has 1 aromatic carbocycles. The maximum atomic E-state index is 13.3. The summed E-state index contributed by atoms with van der Waals surface area (Å²) in [5.41, 5.74) is -1.43. The van der Waals surface area contributed by atoms with E-state index in [9.17, 15) is 22.8 Å². The highest BCUT2D eigenvalue weighted by Crippen LogP contribution is 2.35. The third kappa shape index (κ3) is 7.63. The number of piperidine rings is 1. The fraction of sp³-hybridized carbons (Fsp3) is 0.636. The Labute approximate surface area is 181 Å². The summed E-state index contributed by atoms with van der Waals surface area (Å²) in [4.78, 5) is 25.7. The molecule has 1 aliphatic rings. The number of alkyl halides is 3. The molecule has 6 nitrogen and oxygen atoms in total. The zero-order valence-electron chi connectivity index (χ0n) is 18.5. The molecule has 0 spiro atoms. The van der Waals surface area contributed by atoms with Crippen LogP contribution in [0.25, 0.3) is 0 Å². The van der Waals surface area contributed by atoms with Gasteiger partial charge in [-0.15, -0.1) is 0 Å². The molecule has 0 unspecified atom stereocenters. The van der Waals surface area contributed by atoms with Crippen molar-refractivity contribution in [2.24, 2.45) is 5.92 Å². The molecular formula is C22H31F3N2O4. The first-order chi connectivity index (χ1) is 14.4. The Bertz CT molecular complexity index is 767. The molecular weight excluding hydrogens is 413 g/mol. The van der Waals surface area contributed by atoms with Gasteiger partial charge < -0.3 is 19.7 Å². The average Bonchev–Trinajstić information content (AvgIpc) is 2.66. The summed E-state index contributed by atoms with van der Waals surface area (Å²) in [6, 6.07) is 3.21. The minimum absolute atomic E-state index is 0.0722. The van der Waals surface area contributed by atoms with Gasteiger partial charge in [-0.1, -0.05) is 0 Å². The van der Waals surface area contributed by atoms with Gasteiger partial charge in [0.05, 0.1) is 17.7 Å². The molecule has 1 heterocycles. The van der Waals surface area contributed by atoms with Crippen LogP contribution in [0.3, 0.4) is 0 Å². The van der Waals surface area contributed by atoms with Gasteiger partial charge in [0.1, 0.15) is 5.60 Å². The van der Waals surface area contributed by atoms with Crippen LogP contribution in [0.4, 0.5) is 23.7 Å². The van der Waals surface area contributed by atoms with Crippen LogP contribution >= 0.6 is 0 Å². The third-order valence-corrected chi connectivity index (χ3v) is 4.97. The number of nitrogens with zero attached hydrogens (tertiary/aromatic N) is 1. The molecule has 0 bridgehead atoms.